The molecule has 0 aliphatic rings. The molecule has 0 radical (unpaired) electrons. The summed E-state index contributed by atoms with van der Waals surface area (Å²) >= 11 is 0. The van der Waals surface area contributed by atoms with Crippen LogP contribution in [0.5, 0.6) is 5.75 Å². The van der Waals surface area contributed by atoms with Crippen LogP contribution in [0, 0.1) is 19.3 Å². The molecule has 1 amide bonds. The van der Waals surface area contributed by atoms with E-state index >= 15 is 0 Å². The van der Waals surface area contributed by atoms with Crippen molar-refractivity contribution >= 4 is 12.1 Å². The Kier molecular flexibility index (Phi) is 4.78. The molecule has 2 aromatic rings. The number of benzene rings is 1. The fraction of sp³-hybridized carbons (Fsp3) is 0.125. The molecule has 1 aromatic carbocycles. The Labute approximate surface area is 122 Å². The van der Waals surface area contributed by atoms with Gasteiger partial charge in [-0.15, -0.1) is 6.42 Å². The maximum atomic E-state index is 11.8. The van der Waals surface area contributed by atoms with Gasteiger partial charge in [0.15, 0.2) is 0 Å². The van der Waals surface area contributed by atoms with Gasteiger partial charge in [0, 0.05) is 5.56 Å². The number of carbonyl (C=O) groups excluding carboxylic acids is 1. The zero-order chi connectivity index (χ0) is 15.1. The number of hydrogen-bond donors (Lipinski definition) is 1. The third-order valence-electron chi connectivity index (χ3n) is 2.70. The fourth-order valence-electron chi connectivity index (χ4n) is 1.68. The van der Waals surface area contributed by atoms with Gasteiger partial charge in [0.25, 0.3) is 5.91 Å². The van der Waals surface area contributed by atoms with Crippen molar-refractivity contribution in [2.45, 2.75) is 6.92 Å². The SMILES string of the molecule is C#CCOc1ccccc1/C=N\NC(=O)c1ccoc1C. The number of ether oxygens (including phenoxy) is 1. The average Bonchev–Trinajstić information content (AvgIpc) is 2.92. The lowest BCUT2D eigenvalue weighted by Gasteiger charge is -2.05. The number of amides is 1. The van der Waals surface area contributed by atoms with Gasteiger partial charge in [-0.3, -0.25) is 4.79 Å². The van der Waals surface area contributed by atoms with Crippen LogP contribution in [0.15, 0.2) is 46.1 Å². The molecule has 0 fully saturated rings. The Balaban J connectivity index is 2.03. The van der Waals surface area contributed by atoms with Crippen LogP contribution in [0.4, 0.5) is 0 Å². The number of rotatable bonds is 5. The monoisotopic (exact) mass is 282 g/mol. The summed E-state index contributed by atoms with van der Waals surface area (Å²) in [6.45, 7) is 1.88. The van der Waals surface area contributed by atoms with Crippen LogP contribution in [0.3, 0.4) is 0 Å². The van der Waals surface area contributed by atoms with E-state index in [-0.39, 0.29) is 12.5 Å². The van der Waals surface area contributed by atoms with Gasteiger partial charge in [0.2, 0.25) is 0 Å². The number of nitrogens with one attached hydrogen (secondary N) is 1. The summed E-state index contributed by atoms with van der Waals surface area (Å²) in [6.07, 6.45) is 8.11. The molecule has 0 unspecified atom stereocenters. The summed E-state index contributed by atoms with van der Waals surface area (Å²) < 4.78 is 10.4. The average molecular weight is 282 g/mol. The highest BCUT2D eigenvalue weighted by Gasteiger charge is 2.09. The van der Waals surface area contributed by atoms with E-state index < -0.39 is 0 Å². The molecule has 1 aromatic heterocycles. The summed E-state index contributed by atoms with van der Waals surface area (Å²) in [5, 5.41) is 3.91. The first kappa shape index (κ1) is 14.4. The topological polar surface area (TPSA) is 63.8 Å². The van der Waals surface area contributed by atoms with Crippen molar-refractivity contribution in [2.75, 3.05) is 6.61 Å². The van der Waals surface area contributed by atoms with E-state index in [1.807, 2.05) is 18.2 Å². The summed E-state index contributed by atoms with van der Waals surface area (Å²) in [6, 6.07) is 8.85. The van der Waals surface area contributed by atoms with Crippen molar-refractivity contribution in [3.05, 3.63) is 53.5 Å². The minimum Gasteiger partial charge on any atom is -0.480 e. The molecule has 106 valence electrons. The van der Waals surface area contributed by atoms with Gasteiger partial charge in [-0.05, 0) is 25.1 Å². The van der Waals surface area contributed by atoms with Crippen molar-refractivity contribution < 1.29 is 13.9 Å². The zero-order valence-corrected chi connectivity index (χ0v) is 11.5. The van der Waals surface area contributed by atoms with Crippen molar-refractivity contribution in [3.63, 3.8) is 0 Å². The number of aryl methyl sites for hydroxylation is 1. The quantitative estimate of drug-likeness (QED) is 0.520. The molecule has 0 spiro atoms. The van der Waals surface area contributed by atoms with E-state index in [0.717, 1.165) is 5.56 Å². The molecule has 1 heterocycles. The first-order valence-electron chi connectivity index (χ1n) is 6.25. The lowest BCUT2D eigenvalue weighted by Crippen LogP contribution is -2.17. The number of hydrazone groups is 1. The lowest BCUT2D eigenvalue weighted by molar-refractivity contribution is 0.0953. The Bertz CT molecular complexity index is 696. The summed E-state index contributed by atoms with van der Waals surface area (Å²) in [7, 11) is 0. The number of carbonyl (C=O) groups is 1. The molecule has 5 heteroatoms. The van der Waals surface area contributed by atoms with Crippen molar-refractivity contribution in [3.8, 4) is 18.1 Å². The normalized spacial score (nSPS) is 10.3. The lowest BCUT2D eigenvalue weighted by atomic mass is 10.2. The third kappa shape index (κ3) is 3.74. The Morgan fingerprint density at radius 2 is 2.29 bits per heavy atom. The van der Waals surface area contributed by atoms with E-state index in [2.05, 4.69) is 16.4 Å². The first-order valence-corrected chi connectivity index (χ1v) is 6.25. The van der Waals surface area contributed by atoms with E-state index in [4.69, 9.17) is 15.6 Å². The number of furan rings is 1. The second-order valence-corrected chi connectivity index (χ2v) is 4.12. The maximum absolute atomic E-state index is 11.8. The zero-order valence-electron chi connectivity index (χ0n) is 11.5. The second-order valence-electron chi connectivity index (χ2n) is 4.12. The van der Waals surface area contributed by atoms with Gasteiger partial charge in [-0.2, -0.15) is 5.10 Å². The van der Waals surface area contributed by atoms with Crippen LogP contribution < -0.4 is 10.2 Å². The summed E-state index contributed by atoms with van der Waals surface area (Å²) in [5.41, 5.74) is 3.60. The highest BCUT2D eigenvalue weighted by atomic mass is 16.5. The van der Waals surface area contributed by atoms with Gasteiger partial charge in [0.1, 0.15) is 18.1 Å². The first-order chi connectivity index (χ1) is 10.2. The van der Waals surface area contributed by atoms with E-state index in [9.17, 15) is 4.79 Å². The van der Waals surface area contributed by atoms with Crippen LogP contribution in [0.25, 0.3) is 0 Å². The third-order valence-corrected chi connectivity index (χ3v) is 2.70. The number of para-hydroxylation sites is 1. The minimum absolute atomic E-state index is 0.172. The largest absolute Gasteiger partial charge is 0.480 e. The molecular formula is C16H14N2O3. The van der Waals surface area contributed by atoms with Crippen LogP contribution in [-0.4, -0.2) is 18.7 Å². The highest BCUT2D eigenvalue weighted by Crippen LogP contribution is 2.15. The van der Waals surface area contributed by atoms with E-state index in [0.29, 0.717) is 17.1 Å². The maximum Gasteiger partial charge on any atom is 0.274 e. The summed E-state index contributed by atoms with van der Waals surface area (Å²) in [4.78, 5) is 11.8. The molecule has 0 saturated heterocycles. The molecule has 5 nitrogen and oxygen atoms in total. The van der Waals surface area contributed by atoms with Gasteiger partial charge in [-0.25, -0.2) is 5.43 Å². The standard InChI is InChI=1S/C16H14N2O3/c1-3-9-21-15-7-5-4-6-13(15)11-17-18-16(19)14-8-10-20-12(14)2/h1,4-8,10-11H,9H2,2H3,(H,18,19)/b17-11-. The van der Waals surface area contributed by atoms with Crippen molar-refractivity contribution in [1.29, 1.82) is 0 Å². The number of terminal acetylenes is 1. The Morgan fingerprint density at radius 1 is 1.48 bits per heavy atom. The summed E-state index contributed by atoms with van der Waals surface area (Å²) in [5.74, 6) is 3.21. The number of hydrogen-bond acceptors (Lipinski definition) is 4. The van der Waals surface area contributed by atoms with Crippen LogP contribution in [0.2, 0.25) is 0 Å². The van der Waals surface area contributed by atoms with Crippen LogP contribution in [-0.2, 0) is 0 Å². The van der Waals surface area contributed by atoms with Crippen molar-refractivity contribution in [2.24, 2.45) is 5.10 Å². The molecular weight excluding hydrogens is 268 g/mol. The van der Waals surface area contributed by atoms with E-state index in [1.54, 1.807) is 19.1 Å². The van der Waals surface area contributed by atoms with Crippen LogP contribution >= 0.6 is 0 Å². The van der Waals surface area contributed by atoms with Crippen molar-refractivity contribution in [1.82, 2.24) is 5.43 Å². The van der Waals surface area contributed by atoms with Gasteiger partial charge in [0.05, 0.1) is 18.0 Å². The molecule has 1 N–H and O–H groups in total. The van der Waals surface area contributed by atoms with Crippen LogP contribution in [0.1, 0.15) is 21.7 Å². The minimum atomic E-state index is -0.334. The fourth-order valence-corrected chi connectivity index (χ4v) is 1.68. The second kappa shape index (κ2) is 6.96. The molecule has 0 bridgehead atoms. The number of nitrogens with zero attached hydrogens (tertiary/aromatic N) is 1. The molecule has 2 rings (SSSR count). The van der Waals surface area contributed by atoms with Gasteiger partial charge in [-0.1, -0.05) is 18.1 Å². The predicted molar refractivity (Wildman–Crippen MR) is 79.3 cm³/mol. The molecule has 0 aliphatic carbocycles. The smallest absolute Gasteiger partial charge is 0.274 e. The van der Waals surface area contributed by atoms with Gasteiger partial charge < -0.3 is 9.15 Å². The molecule has 0 aliphatic heterocycles. The Hall–Kier alpha value is -3.00. The molecule has 0 saturated carbocycles. The highest BCUT2D eigenvalue weighted by molar-refractivity contribution is 5.95. The van der Waals surface area contributed by atoms with Gasteiger partial charge >= 0.3 is 0 Å². The molecule has 0 atom stereocenters. The Morgan fingerprint density at radius 3 is 3.00 bits per heavy atom. The predicted octanol–water partition coefficient (Wildman–Crippen LogP) is 2.36. The molecule has 21 heavy (non-hydrogen) atoms. The van der Waals surface area contributed by atoms with E-state index in [1.165, 1.54) is 12.5 Å².